The van der Waals surface area contributed by atoms with Gasteiger partial charge in [-0.15, -0.1) is 0 Å². The summed E-state index contributed by atoms with van der Waals surface area (Å²) in [5, 5.41) is 4.70. The van der Waals surface area contributed by atoms with E-state index in [0.29, 0.717) is 0 Å². The third-order valence-corrected chi connectivity index (χ3v) is 3.91. The minimum atomic E-state index is -0.0523. The molecule has 3 aromatic rings. The Morgan fingerprint density at radius 2 is 1.72 bits per heavy atom. The van der Waals surface area contributed by atoms with Crippen LogP contribution in [0.25, 0.3) is 23.1 Å². The maximum Gasteiger partial charge on any atom is 0.151 e. The van der Waals surface area contributed by atoms with Crippen molar-refractivity contribution in [2.45, 2.75) is 33.2 Å². The molecule has 3 heteroatoms. The molecule has 0 atom stereocenters. The maximum absolute atomic E-state index is 6.09. The van der Waals surface area contributed by atoms with Crippen molar-refractivity contribution in [3.63, 3.8) is 0 Å². The van der Waals surface area contributed by atoms with E-state index < -0.39 is 0 Å². The second-order valence-electron chi connectivity index (χ2n) is 7.32. The van der Waals surface area contributed by atoms with Crippen molar-refractivity contribution in [1.82, 2.24) is 0 Å². The normalized spacial score (nSPS) is 12.0. The van der Waals surface area contributed by atoms with Crippen LogP contribution in [0.4, 0.5) is 5.69 Å². The van der Waals surface area contributed by atoms with E-state index in [1.165, 1.54) is 5.56 Å². The van der Waals surface area contributed by atoms with Gasteiger partial charge in [0.15, 0.2) is 5.76 Å². The Hall–Kier alpha value is -2.68. The van der Waals surface area contributed by atoms with Crippen molar-refractivity contribution in [1.29, 1.82) is 0 Å². The molecule has 3 rings (SSSR count). The Balaban J connectivity index is 2.01. The van der Waals surface area contributed by atoms with Gasteiger partial charge in [0, 0.05) is 10.9 Å². The van der Waals surface area contributed by atoms with E-state index in [9.17, 15) is 0 Å². The predicted octanol–water partition coefficient (Wildman–Crippen LogP) is 6.13. The van der Waals surface area contributed by atoms with E-state index in [0.717, 1.165) is 33.7 Å². The number of hydrogen-bond acceptors (Lipinski definition) is 3. The summed E-state index contributed by atoms with van der Waals surface area (Å²) in [6, 6.07) is 14.2. The summed E-state index contributed by atoms with van der Waals surface area (Å²) in [6.07, 6.45) is 4.07. The third kappa shape index (κ3) is 4.05. The molecule has 1 aromatic heterocycles. The largest absolute Gasteiger partial charge is 0.497 e. The summed E-state index contributed by atoms with van der Waals surface area (Å²) < 4.78 is 11.3. The van der Waals surface area contributed by atoms with Crippen LogP contribution in [-0.2, 0) is 0 Å². The first kappa shape index (κ1) is 17.2. The quantitative estimate of drug-likeness (QED) is 0.622. The average Bonchev–Trinajstić information content (AvgIpc) is 2.89. The molecule has 0 unspecified atom stereocenters. The fourth-order valence-electron chi connectivity index (χ4n) is 2.74. The van der Waals surface area contributed by atoms with Gasteiger partial charge in [-0.25, -0.2) is 0 Å². The molecule has 1 heterocycles. The van der Waals surface area contributed by atoms with E-state index in [-0.39, 0.29) is 5.54 Å². The molecule has 0 bridgehead atoms. The van der Waals surface area contributed by atoms with Crippen molar-refractivity contribution in [3.05, 3.63) is 59.4 Å². The molecule has 0 saturated heterocycles. The highest BCUT2D eigenvalue weighted by Gasteiger charge is 2.18. The molecule has 2 aromatic carbocycles. The lowest BCUT2D eigenvalue weighted by atomic mass is 10.1. The van der Waals surface area contributed by atoms with Gasteiger partial charge in [0.05, 0.1) is 12.8 Å². The first-order valence-corrected chi connectivity index (χ1v) is 8.49. The number of aryl methyl sites for hydroxylation is 1. The monoisotopic (exact) mass is 335 g/mol. The molecule has 25 heavy (non-hydrogen) atoms. The van der Waals surface area contributed by atoms with Gasteiger partial charge in [-0.1, -0.05) is 29.8 Å². The first-order valence-electron chi connectivity index (χ1n) is 8.49. The van der Waals surface area contributed by atoms with E-state index in [4.69, 9.17) is 9.15 Å². The van der Waals surface area contributed by atoms with E-state index >= 15 is 0 Å². The molecule has 3 nitrogen and oxygen atoms in total. The molecule has 0 aliphatic rings. The number of methoxy groups -OCH3 is 1. The fraction of sp³-hybridized carbons (Fsp3) is 0.273. The zero-order valence-electron chi connectivity index (χ0n) is 15.5. The van der Waals surface area contributed by atoms with Crippen LogP contribution >= 0.6 is 0 Å². The van der Waals surface area contributed by atoms with E-state index in [2.05, 4.69) is 51.2 Å². The van der Waals surface area contributed by atoms with Gasteiger partial charge in [-0.3, -0.25) is 0 Å². The van der Waals surface area contributed by atoms with Crippen LogP contribution in [0.5, 0.6) is 5.75 Å². The van der Waals surface area contributed by atoms with Crippen molar-refractivity contribution < 1.29 is 9.15 Å². The summed E-state index contributed by atoms with van der Waals surface area (Å²) in [5.41, 5.74) is 4.20. The van der Waals surface area contributed by atoms with Crippen LogP contribution < -0.4 is 10.1 Å². The number of anilines is 1. The van der Waals surface area contributed by atoms with Crippen LogP contribution in [0.3, 0.4) is 0 Å². The van der Waals surface area contributed by atoms with Crippen molar-refractivity contribution in [2.75, 3.05) is 12.4 Å². The predicted molar refractivity (Wildman–Crippen MR) is 106 cm³/mol. The van der Waals surface area contributed by atoms with Gasteiger partial charge < -0.3 is 14.5 Å². The SMILES string of the molecule is COc1ccc(/C=C/c2oc3ccc(C)cc3c2NC(C)(C)C)cc1. The number of nitrogens with one attached hydrogen (secondary N) is 1. The average molecular weight is 335 g/mol. The van der Waals surface area contributed by atoms with E-state index in [1.807, 2.05) is 36.4 Å². The maximum atomic E-state index is 6.09. The zero-order chi connectivity index (χ0) is 18.0. The smallest absolute Gasteiger partial charge is 0.151 e. The van der Waals surface area contributed by atoms with Crippen LogP contribution in [-0.4, -0.2) is 12.6 Å². The van der Waals surface area contributed by atoms with Gasteiger partial charge in [0.25, 0.3) is 0 Å². The lowest BCUT2D eigenvalue weighted by Crippen LogP contribution is -2.26. The Morgan fingerprint density at radius 1 is 1.00 bits per heavy atom. The molecular formula is C22H25NO2. The minimum Gasteiger partial charge on any atom is -0.497 e. The van der Waals surface area contributed by atoms with E-state index in [1.54, 1.807) is 7.11 Å². The highest BCUT2D eigenvalue weighted by Crippen LogP contribution is 2.34. The molecule has 0 saturated carbocycles. The minimum absolute atomic E-state index is 0.0523. The number of ether oxygens (including phenoxy) is 1. The molecule has 0 spiro atoms. The molecule has 0 aliphatic heterocycles. The molecule has 1 N–H and O–H groups in total. The molecular weight excluding hydrogens is 310 g/mol. The summed E-state index contributed by atoms with van der Waals surface area (Å²) in [4.78, 5) is 0. The standard InChI is InChI=1S/C22H25NO2/c1-15-6-12-19-18(14-15)21(23-22(2,3)4)20(25-19)13-9-16-7-10-17(24-5)11-8-16/h6-14,23H,1-5H3/b13-9+. The number of rotatable bonds is 4. The zero-order valence-corrected chi connectivity index (χ0v) is 15.5. The van der Waals surface area contributed by atoms with Crippen molar-refractivity contribution in [3.8, 4) is 5.75 Å². The van der Waals surface area contributed by atoms with Crippen LogP contribution in [0.15, 0.2) is 46.9 Å². The third-order valence-electron chi connectivity index (χ3n) is 3.91. The Kier molecular flexibility index (Phi) is 4.58. The van der Waals surface area contributed by atoms with Gasteiger partial charge >= 0.3 is 0 Å². The Bertz CT molecular complexity index is 896. The van der Waals surface area contributed by atoms with Gasteiger partial charge in [0.1, 0.15) is 11.3 Å². The van der Waals surface area contributed by atoms with Crippen LogP contribution in [0.1, 0.15) is 37.7 Å². The second-order valence-corrected chi connectivity index (χ2v) is 7.32. The summed E-state index contributed by atoms with van der Waals surface area (Å²) in [5.74, 6) is 1.69. The Labute approximate surface area is 149 Å². The van der Waals surface area contributed by atoms with Crippen LogP contribution in [0, 0.1) is 6.92 Å². The second kappa shape index (κ2) is 6.67. The summed E-state index contributed by atoms with van der Waals surface area (Å²) >= 11 is 0. The first-order chi connectivity index (χ1) is 11.9. The molecule has 0 radical (unpaired) electrons. The molecule has 130 valence electrons. The summed E-state index contributed by atoms with van der Waals surface area (Å²) in [6.45, 7) is 8.55. The van der Waals surface area contributed by atoms with Crippen molar-refractivity contribution >= 4 is 28.8 Å². The molecule has 0 aliphatic carbocycles. The van der Waals surface area contributed by atoms with Gasteiger partial charge in [0.2, 0.25) is 0 Å². The number of furan rings is 1. The number of benzene rings is 2. The lowest BCUT2D eigenvalue weighted by molar-refractivity contribution is 0.415. The number of fused-ring (bicyclic) bond motifs is 1. The summed E-state index contributed by atoms with van der Waals surface area (Å²) in [7, 11) is 1.67. The molecule has 0 fully saturated rings. The highest BCUT2D eigenvalue weighted by molar-refractivity contribution is 5.97. The number of hydrogen-bond donors (Lipinski definition) is 1. The fourth-order valence-corrected chi connectivity index (χ4v) is 2.74. The van der Waals surface area contributed by atoms with Gasteiger partial charge in [-0.2, -0.15) is 0 Å². The lowest BCUT2D eigenvalue weighted by Gasteiger charge is -2.21. The molecule has 0 amide bonds. The Morgan fingerprint density at radius 3 is 2.36 bits per heavy atom. The van der Waals surface area contributed by atoms with Crippen LogP contribution in [0.2, 0.25) is 0 Å². The van der Waals surface area contributed by atoms with Crippen molar-refractivity contribution in [2.24, 2.45) is 0 Å². The highest BCUT2D eigenvalue weighted by atomic mass is 16.5. The topological polar surface area (TPSA) is 34.4 Å². The van der Waals surface area contributed by atoms with Gasteiger partial charge in [-0.05, 0) is 63.6 Å².